The maximum atomic E-state index is 15.6. The Morgan fingerprint density at radius 2 is 1.83 bits per heavy atom. The van der Waals surface area contributed by atoms with Crippen LogP contribution in [0, 0.1) is 17.2 Å². The fraction of sp³-hybridized carbons (Fsp3) is 0.714. The second-order valence-electron chi connectivity index (χ2n) is 11.2. The monoisotopic (exact) mass is 546 g/mol. The van der Waals surface area contributed by atoms with Crippen molar-refractivity contribution in [2.24, 2.45) is 11.3 Å². The number of aryl methyl sites for hydroxylation is 1. The smallest absolute Gasteiger partial charge is 0.319 e. The third-order valence-corrected chi connectivity index (χ3v) is 9.71. The number of hydrogen-bond donors (Lipinski definition) is 0. The van der Waals surface area contributed by atoms with Crippen molar-refractivity contribution in [1.82, 2.24) is 14.9 Å². The predicted octanol–water partition coefficient (Wildman–Crippen LogP) is 6.75. The highest BCUT2D eigenvalue weighted by Gasteiger charge is 2.38. The Labute approximate surface area is 218 Å². The zero-order chi connectivity index (χ0) is 24.6. The van der Waals surface area contributed by atoms with Gasteiger partial charge in [0.15, 0.2) is 5.82 Å². The van der Waals surface area contributed by atoms with Gasteiger partial charge in [-0.25, -0.2) is 4.39 Å². The summed E-state index contributed by atoms with van der Waals surface area (Å²) in [4.78, 5) is 14.4. The standard InChI is InChI=1S/C28H40BrFN4O/c1-4-20-17-22-25(24(30)23(20)29)31-27(35-21-8-13-33(5-2)14-9-21)32-26(22)34-15-11-28(12-16-34)10-6-7-19(3)18-28/h17,19,21H,4-16,18H2,1-3H3. The van der Waals surface area contributed by atoms with E-state index in [4.69, 9.17) is 9.72 Å². The summed E-state index contributed by atoms with van der Waals surface area (Å²) in [5, 5.41) is 0.809. The van der Waals surface area contributed by atoms with E-state index in [9.17, 15) is 0 Å². The lowest BCUT2D eigenvalue weighted by Gasteiger charge is -2.46. The van der Waals surface area contributed by atoms with E-state index in [2.05, 4.69) is 57.6 Å². The minimum atomic E-state index is -0.303. The Morgan fingerprint density at radius 1 is 1.09 bits per heavy atom. The van der Waals surface area contributed by atoms with Gasteiger partial charge in [0, 0.05) is 31.6 Å². The number of fused-ring (bicyclic) bond motifs is 1. The average Bonchev–Trinajstić information content (AvgIpc) is 2.87. The van der Waals surface area contributed by atoms with Gasteiger partial charge in [-0.3, -0.25) is 0 Å². The van der Waals surface area contributed by atoms with Crippen LogP contribution in [0.15, 0.2) is 10.5 Å². The number of rotatable bonds is 5. The van der Waals surface area contributed by atoms with E-state index in [1.165, 1.54) is 38.5 Å². The Kier molecular flexibility index (Phi) is 7.55. The fourth-order valence-electron chi connectivity index (χ4n) is 6.68. The SMILES string of the molecule is CCc1cc2c(N3CCC4(CCCC(C)C4)CC3)nc(OC3CCN(CC)CC3)nc2c(F)c1Br. The number of aromatic nitrogens is 2. The molecule has 0 radical (unpaired) electrons. The maximum Gasteiger partial charge on any atom is 0.319 e. The Balaban J connectivity index is 1.46. The molecule has 2 aliphatic heterocycles. The lowest BCUT2D eigenvalue weighted by Crippen LogP contribution is -2.42. The Bertz CT molecular complexity index is 1050. The molecule has 3 fully saturated rings. The second-order valence-corrected chi connectivity index (χ2v) is 12.0. The topological polar surface area (TPSA) is 41.5 Å². The van der Waals surface area contributed by atoms with E-state index in [1.807, 2.05) is 0 Å². The number of benzene rings is 1. The van der Waals surface area contributed by atoms with Gasteiger partial charge in [-0.15, -0.1) is 0 Å². The molecule has 1 aromatic heterocycles. The van der Waals surface area contributed by atoms with Crippen LogP contribution in [-0.4, -0.2) is 53.7 Å². The molecule has 192 valence electrons. The molecule has 3 heterocycles. The van der Waals surface area contributed by atoms with Crippen LogP contribution >= 0.6 is 15.9 Å². The molecule has 1 aliphatic carbocycles. The van der Waals surface area contributed by atoms with Crippen LogP contribution in [0.25, 0.3) is 10.9 Å². The van der Waals surface area contributed by atoms with Gasteiger partial charge in [0.05, 0.1) is 4.47 Å². The van der Waals surface area contributed by atoms with Crippen molar-refractivity contribution in [2.75, 3.05) is 37.6 Å². The molecule has 1 aromatic carbocycles. The summed E-state index contributed by atoms with van der Waals surface area (Å²) >= 11 is 3.48. The molecule has 0 N–H and O–H groups in total. The molecular weight excluding hydrogens is 507 g/mol. The summed E-state index contributed by atoms with van der Waals surface area (Å²) in [5.41, 5.74) is 1.80. The van der Waals surface area contributed by atoms with Crippen molar-refractivity contribution in [3.8, 4) is 6.01 Å². The van der Waals surface area contributed by atoms with E-state index in [0.29, 0.717) is 21.4 Å². The third kappa shape index (κ3) is 5.18. The van der Waals surface area contributed by atoms with Crippen LogP contribution in [0.3, 0.4) is 0 Å². The van der Waals surface area contributed by atoms with Gasteiger partial charge in [0.1, 0.15) is 17.4 Å². The molecule has 3 aliphatic rings. The molecule has 1 saturated carbocycles. The first-order valence-electron chi connectivity index (χ1n) is 13.7. The largest absolute Gasteiger partial charge is 0.460 e. The van der Waals surface area contributed by atoms with Crippen LogP contribution in [0.4, 0.5) is 10.2 Å². The minimum Gasteiger partial charge on any atom is -0.460 e. The van der Waals surface area contributed by atoms with Gasteiger partial charge in [0.25, 0.3) is 0 Å². The normalized spacial score (nSPS) is 23.8. The van der Waals surface area contributed by atoms with Crippen LogP contribution in [0.2, 0.25) is 0 Å². The molecule has 0 bridgehead atoms. The van der Waals surface area contributed by atoms with Gasteiger partial charge in [0.2, 0.25) is 0 Å². The number of nitrogens with zero attached hydrogens (tertiary/aromatic N) is 4. The number of halogens is 2. The fourth-order valence-corrected chi connectivity index (χ4v) is 7.26. The van der Waals surface area contributed by atoms with Crippen LogP contribution in [-0.2, 0) is 6.42 Å². The van der Waals surface area contributed by atoms with Gasteiger partial charge in [-0.2, -0.15) is 9.97 Å². The summed E-state index contributed by atoms with van der Waals surface area (Å²) in [7, 11) is 0. The highest BCUT2D eigenvalue weighted by Crippen LogP contribution is 2.47. The Morgan fingerprint density at radius 3 is 2.49 bits per heavy atom. The number of anilines is 1. The quantitative estimate of drug-likeness (QED) is 0.414. The number of hydrogen-bond acceptors (Lipinski definition) is 5. The molecule has 2 saturated heterocycles. The number of likely N-dealkylation sites (tertiary alicyclic amines) is 1. The van der Waals surface area contributed by atoms with Crippen LogP contribution < -0.4 is 9.64 Å². The minimum absolute atomic E-state index is 0.0814. The predicted molar refractivity (Wildman–Crippen MR) is 144 cm³/mol. The lowest BCUT2D eigenvalue weighted by molar-refractivity contribution is 0.0956. The maximum absolute atomic E-state index is 15.6. The number of piperidine rings is 2. The first-order valence-corrected chi connectivity index (χ1v) is 14.5. The second kappa shape index (κ2) is 10.5. The first kappa shape index (κ1) is 25.2. The summed E-state index contributed by atoms with van der Waals surface area (Å²) in [6.07, 6.45) is 10.5. The van der Waals surface area contributed by atoms with Gasteiger partial charge < -0.3 is 14.5 Å². The molecule has 0 amide bonds. The lowest BCUT2D eigenvalue weighted by atomic mass is 9.65. The van der Waals surface area contributed by atoms with E-state index < -0.39 is 0 Å². The Hall–Kier alpha value is -1.47. The zero-order valence-electron chi connectivity index (χ0n) is 21.6. The van der Waals surface area contributed by atoms with Crippen LogP contribution in [0.5, 0.6) is 6.01 Å². The summed E-state index contributed by atoms with van der Waals surface area (Å²) in [6, 6.07) is 2.40. The van der Waals surface area contributed by atoms with Crippen molar-refractivity contribution < 1.29 is 9.13 Å². The summed E-state index contributed by atoms with van der Waals surface area (Å²) in [5.74, 6) is 1.37. The molecule has 5 nitrogen and oxygen atoms in total. The van der Waals surface area contributed by atoms with Crippen LogP contribution in [0.1, 0.15) is 77.7 Å². The summed E-state index contributed by atoms with van der Waals surface area (Å²) < 4.78 is 22.4. The van der Waals surface area contributed by atoms with Crippen molar-refractivity contribution in [3.05, 3.63) is 21.9 Å². The van der Waals surface area contributed by atoms with Gasteiger partial charge in [-0.05, 0) is 90.4 Å². The number of ether oxygens (including phenoxy) is 1. The molecule has 7 heteroatoms. The van der Waals surface area contributed by atoms with E-state index in [0.717, 1.165) is 74.7 Å². The van der Waals surface area contributed by atoms with E-state index in [1.54, 1.807) is 0 Å². The molecular formula is C28H40BrFN4O. The average molecular weight is 548 g/mol. The molecule has 35 heavy (non-hydrogen) atoms. The van der Waals surface area contributed by atoms with Crippen molar-refractivity contribution in [3.63, 3.8) is 0 Å². The highest BCUT2D eigenvalue weighted by molar-refractivity contribution is 9.10. The van der Waals surface area contributed by atoms with Crippen molar-refractivity contribution >= 4 is 32.7 Å². The first-order chi connectivity index (χ1) is 16.9. The zero-order valence-corrected chi connectivity index (χ0v) is 23.2. The molecule has 2 aromatic rings. The summed E-state index contributed by atoms with van der Waals surface area (Å²) in [6.45, 7) is 11.7. The van der Waals surface area contributed by atoms with E-state index in [-0.39, 0.29) is 11.9 Å². The molecule has 1 atom stereocenters. The molecule has 5 rings (SSSR count). The van der Waals surface area contributed by atoms with Gasteiger partial charge >= 0.3 is 6.01 Å². The molecule has 1 unspecified atom stereocenters. The van der Waals surface area contributed by atoms with Gasteiger partial charge in [-0.1, -0.05) is 33.6 Å². The third-order valence-electron chi connectivity index (χ3n) is 8.85. The van der Waals surface area contributed by atoms with E-state index >= 15 is 4.39 Å². The molecule has 1 spiro atoms. The van der Waals surface area contributed by atoms with Crippen molar-refractivity contribution in [1.29, 1.82) is 0 Å². The van der Waals surface area contributed by atoms with Crippen molar-refractivity contribution in [2.45, 2.75) is 84.7 Å². The highest BCUT2D eigenvalue weighted by atomic mass is 79.9.